The molecule has 0 aliphatic rings. The number of nitrogens with one attached hydrogen (secondary N) is 1. The third kappa shape index (κ3) is 7.22. The molecule has 100 valence electrons. The fraction of sp³-hybridized carbons (Fsp3) is 0.500. The summed E-state index contributed by atoms with van der Waals surface area (Å²) in [5.74, 6) is 2.75. The highest BCUT2D eigenvalue weighted by atomic mass is 32.2. The molecule has 0 spiro atoms. The van der Waals surface area contributed by atoms with Gasteiger partial charge in [-0.3, -0.25) is 0 Å². The van der Waals surface area contributed by atoms with Crippen LogP contribution in [0.2, 0.25) is 0 Å². The quantitative estimate of drug-likeness (QED) is 0.770. The third-order valence-electron chi connectivity index (χ3n) is 2.18. The Labute approximate surface area is 113 Å². The number of hydrogen-bond acceptors (Lipinski definition) is 3. The first-order valence-electron chi connectivity index (χ1n) is 6.21. The molecule has 1 aromatic rings. The Balaban J connectivity index is 2.04. The molecule has 0 aliphatic carbocycles. The zero-order chi connectivity index (χ0) is 13.2. The number of hydrogen-bond donors (Lipinski definition) is 1. The van der Waals surface area contributed by atoms with E-state index < -0.39 is 0 Å². The van der Waals surface area contributed by atoms with Gasteiger partial charge >= 0.3 is 6.09 Å². The first-order chi connectivity index (χ1) is 8.68. The highest BCUT2D eigenvalue weighted by Gasteiger charge is 2.01. The van der Waals surface area contributed by atoms with Crippen molar-refractivity contribution >= 4 is 17.9 Å². The lowest BCUT2D eigenvalue weighted by Gasteiger charge is -2.07. The molecule has 3 nitrogen and oxygen atoms in total. The van der Waals surface area contributed by atoms with Crippen molar-refractivity contribution in [3.05, 3.63) is 35.9 Å². The molecule has 0 aliphatic heterocycles. The maximum atomic E-state index is 11.4. The molecule has 18 heavy (non-hydrogen) atoms. The van der Waals surface area contributed by atoms with Crippen LogP contribution in [0.25, 0.3) is 0 Å². The summed E-state index contributed by atoms with van der Waals surface area (Å²) in [6, 6.07) is 9.67. The van der Waals surface area contributed by atoms with Crippen LogP contribution >= 0.6 is 11.8 Å². The molecule has 0 heterocycles. The second-order valence-corrected chi connectivity index (χ2v) is 5.61. The van der Waals surface area contributed by atoms with Crippen molar-refractivity contribution in [1.29, 1.82) is 0 Å². The molecule has 0 unspecified atom stereocenters. The Bertz CT molecular complexity index is 341. The van der Waals surface area contributed by atoms with Crippen molar-refractivity contribution in [2.24, 2.45) is 5.92 Å². The summed E-state index contributed by atoms with van der Waals surface area (Å²) < 4.78 is 5.10. The molecule has 1 aromatic carbocycles. The van der Waals surface area contributed by atoms with Crippen LogP contribution < -0.4 is 5.32 Å². The van der Waals surface area contributed by atoms with Gasteiger partial charge in [0.1, 0.15) is 6.61 Å². The molecule has 1 amide bonds. The van der Waals surface area contributed by atoms with Gasteiger partial charge in [-0.2, -0.15) is 11.8 Å². The molecule has 4 heteroatoms. The van der Waals surface area contributed by atoms with Crippen molar-refractivity contribution in [2.75, 3.05) is 18.1 Å². The van der Waals surface area contributed by atoms with Crippen molar-refractivity contribution in [1.82, 2.24) is 5.32 Å². The first kappa shape index (κ1) is 14.9. The number of amides is 1. The van der Waals surface area contributed by atoms with Crippen LogP contribution in [0, 0.1) is 5.92 Å². The Morgan fingerprint density at radius 3 is 2.72 bits per heavy atom. The molecule has 0 bridgehead atoms. The van der Waals surface area contributed by atoms with Crippen LogP contribution in [0.15, 0.2) is 30.3 Å². The molecule has 0 aromatic heterocycles. The monoisotopic (exact) mass is 267 g/mol. The van der Waals surface area contributed by atoms with Gasteiger partial charge in [-0.15, -0.1) is 0 Å². The van der Waals surface area contributed by atoms with E-state index in [0.29, 0.717) is 19.1 Å². The van der Waals surface area contributed by atoms with E-state index in [1.165, 1.54) is 0 Å². The third-order valence-corrected chi connectivity index (χ3v) is 3.57. The van der Waals surface area contributed by atoms with Gasteiger partial charge in [-0.25, -0.2) is 4.79 Å². The molecule has 1 rings (SSSR count). The van der Waals surface area contributed by atoms with Gasteiger partial charge in [0.15, 0.2) is 0 Å². The topological polar surface area (TPSA) is 38.3 Å². The predicted octanol–water partition coefficient (Wildman–Crippen LogP) is 3.30. The van der Waals surface area contributed by atoms with Crippen LogP contribution in [0.1, 0.15) is 19.4 Å². The second-order valence-electron chi connectivity index (χ2n) is 4.46. The molecule has 0 fully saturated rings. The smallest absolute Gasteiger partial charge is 0.407 e. The highest BCUT2D eigenvalue weighted by molar-refractivity contribution is 7.99. The SMILES string of the molecule is CC(C)CSCCNC(=O)OCc1ccccc1. The van der Waals surface area contributed by atoms with Gasteiger partial charge in [0.2, 0.25) is 0 Å². The summed E-state index contributed by atoms with van der Waals surface area (Å²) >= 11 is 1.85. The summed E-state index contributed by atoms with van der Waals surface area (Å²) in [5, 5.41) is 2.74. The molecule has 0 atom stereocenters. The lowest BCUT2D eigenvalue weighted by atomic mass is 10.2. The Kier molecular flexibility index (Phi) is 7.34. The second kappa shape index (κ2) is 8.86. The summed E-state index contributed by atoms with van der Waals surface area (Å²) in [4.78, 5) is 11.4. The fourth-order valence-electron chi connectivity index (χ4n) is 1.32. The van der Waals surface area contributed by atoms with Gasteiger partial charge in [0.25, 0.3) is 0 Å². The standard InChI is InChI=1S/C14H21NO2S/c1-12(2)11-18-9-8-15-14(16)17-10-13-6-4-3-5-7-13/h3-7,12H,8-11H2,1-2H3,(H,15,16). The van der Waals surface area contributed by atoms with Crippen molar-refractivity contribution < 1.29 is 9.53 Å². The first-order valence-corrected chi connectivity index (χ1v) is 7.36. The van der Waals surface area contributed by atoms with Gasteiger partial charge in [-0.05, 0) is 17.2 Å². The van der Waals surface area contributed by atoms with Crippen LogP contribution in [0.3, 0.4) is 0 Å². The summed E-state index contributed by atoms with van der Waals surface area (Å²) in [6.07, 6.45) is -0.344. The zero-order valence-corrected chi connectivity index (χ0v) is 11.8. The largest absolute Gasteiger partial charge is 0.445 e. The fourth-order valence-corrected chi connectivity index (χ4v) is 2.20. The zero-order valence-electron chi connectivity index (χ0n) is 11.0. The molecular formula is C14H21NO2S. The van der Waals surface area contributed by atoms with Crippen LogP contribution in [-0.2, 0) is 11.3 Å². The maximum absolute atomic E-state index is 11.4. The molecule has 0 saturated heterocycles. The molecular weight excluding hydrogens is 246 g/mol. The number of benzene rings is 1. The molecule has 0 radical (unpaired) electrons. The predicted molar refractivity (Wildman–Crippen MR) is 76.8 cm³/mol. The van der Waals surface area contributed by atoms with E-state index in [9.17, 15) is 4.79 Å². The van der Waals surface area contributed by atoms with Gasteiger partial charge < -0.3 is 10.1 Å². The van der Waals surface area contributed by atoms with E-state index in [1.54, 1.807) is 0 Å². The van der Waals surface area contributed by atoms with Crippen molar-refractivity contribution in [2.45, 2.75) is 20.5 Å². The Hall–Kier alpha value is -1.16. The normalized spacial score (nSPS) is 10.4. The van der Waals surface area contributed by atoms with E-state index in [2.05, 4.69) is 19.2 Å². The maximum Gasteiger partial charge on any atom is 0.407 e. The minimum Gasteiger partial charge on any atom is -0.445 e. The van der Waals surface area contributed by atoms with Crippen LogP contribution in [-0.4, -0.2) is 24.1 Å². The van der Waals surface area contributed by atoms with Crippen molar-refractivity contribution in [3.63, 3.8) is 0 Å². The number of alkyl carbamates (subject to hydrolysis) is 1. The number of carbonyl (C=O) groups excluding carboxylic acids is 1. The van der Waals surface area contributed by atoms with Gasteiger partial charge in [-0.1, -0.05) is 44.2 Å². The van der Waals surface area contributed by atoms with E-state index in [1.807, 2.05) is 42.1 Å². The van der Waals surface area contributed by atoms with E-state index >= 15 is 0 Å². The van der Waals surface area contributed by atoms with E-state index in [-0.39, 0.29) is 6.09 Å². The lowest BCUT2D eigenvalue weighted by Crippen LogP contribution is -2.26. The number of thioether (sulfide) groups is 1. The highest BCUT2D eigenvalue weighted by Crippen LogP contribution is 2.06. The van der Waals surface area contributed by atoms with E-state index in [4.69, 9.17) is 4.74 Å². The minimum atomic E-state index is -0.344. The Morgan fingerprint density at radius 1 is 1.33 bits per heavy atom. The van der Waals surface area contributed by atoms with E-state index in [0.717, 1.165) is 17.1 Å². The lowest BCUT2D eigenvalue weighted by molar-refractivity contribution is 0.140. The minimum absolute atomic E-state index is 0.325. The number of ether oxygens (including phenoxy) is 1. The summed E-state index contributed by atoms with van der Waals surface area (Å²) in [6.45, 7) is 5.36. The molecule has 0 saturated carbocycles. The van der Waals surface area contributed by atoms with Crippen LogP contribution in [0.4, 0.5) is 4.79 Å². The van der Waals surface area contributed by atoms with Crippen LogP contribution in [0.5, 0.6) is 0 Å². The number of carbonyl (C=O) groups is 1. The van der Waals surface area contributed by atoms with Crippen molar-refractivity contribution in [3.8, 4) is 0 Å². The van der Waals surface area contributed by atoms with Gasteiger partial charge in [0.05, 0.1) is 0 Å². The molecule has 1 N–H and O–H groups in total. The average molecular weight is 267 g/mol. The summed E-state index contributed by atoms with van der Waals surface area (Å²) in [7, 11) is 0. The summed E-state index contributed by atoms with van der Waals surface area (Å²) in [5.41, 5.74) is 1.00. The average Bonchev–Trinajstić information content (AvgIpc) is 2.37. The number of rotatable bonds is 7. The Morgan fingerprint density at radius 2 is 2.06 bits per heavy atom. The van der Waals surface area contributed by atoms with Gasteiger partial charge in [0, 0.05) is 12.3 Å².